The topological polar surface area (TPSA) is 58.2 Å². The minimum Gasteiger partial charge on any atom is -0.351 e. The van der Waals surface area contributed by atoms with Crippen LogP contribution in [0.2, 0.25) is 0 Å². The fourth-order valence-electron chi connectivity index (χ4n) is 2.66. The van der Waals surface area contributed by atoms with Gasteiger partial charge in [-0.2, -0.15) is 0 Å². The van der Waals surface area contributed by atoms with E-state index in [1.165, 1.54) is 0 Å². The molecule has 138 valence electrons. The Morgan fingerprint density at radius 1 is 1.00 bits per heavy atom. The molecule has 0 aliphatic heterocycles. The first-order valence-electron chi connectivity index (χ1n) is 8.60. The van der Waals surface area contributed by atoms with Gasteiger partial charge in [-0.05, 0) is 36.1 Å². The van der Waals surface area contributed by atoms with E-state index in [4.69, 9.17) is 0 Å². The Morgan fingerprint density at radius 3 is 2.23 bits per heavy atom. The number of carbonyl (C=O) groups excluding carboxylic acids is 2. The second-order valence-electron chi connectivity index (χ2n) is 5.84. The van der Waals surface area contributed by atoms with Crippen molar-refractivity contribution < 1.29 is 18.4 Å². The van der Waals surface area contributed by atoms with Gasteiger partial charge in [0.15, 0.2) is 0 Å². The molecule has 0 radical (unpaired) electrons. The molecule has 26 heavy (non-hydrogen) atoms. The van der Waals surface area contributed by atoms with Crippen LogP contribution in [0.15, 0.2) is 36.4 Å². The van der Waals surface area contributed by atoms with E-state index in [9.17, 15) is 18.4 Å². The molecule has 0 fully saturated rings. The Bertz CT molecular complexity index is 784. The van der Waals surface area contributed by atoms with Crippen molar-refractivity contribution in [2.45, 2.75) is 33.1 Å². The molecular weight excluding hydrogens is 338 g/mol. The van der Waals surface area contributed by atoms with Crippen LogP contribution in [-0.4, -0.2) is 18.4 Å². The van der Waals surface area contributed by atoms with Crippen molar-refractivity contribution >= 4 is 17.5 Å². The summed E-state index contributed by atoms with van der Waals surface area (Å²) in [6.45, 7) is 4.08. The summed E-state index contributed by atoms with van der Waals surface area (Å²) in [5.74, 6) is -2.60. The molecular formula is C20H22F2N2O2. The average molecular weight is 360 g/mol. The van der Waals surface area contributed by atoms with Gasteiger partial charge >= 0.3 is 0 Å². The summed E-state index contributed by atoms with van der Waals surface area (Å²) in [7, 11) is 0. The maximum atomic E-state index is 13.6. The number of hydrogen-bond acceptors (Lipinski definition) is 2. The zero-order valence-corrected chi connectivity index (χ0v) is 14.9. The van der Waals surface area contributed by atoms with E-state index in [1.54, 1.807) is 0 Å². The minimum atomic E-state index is -0.934. The highest BCUT2D eigenvalue weighted by atomic mass is 19.1. The molecule has 0 saturated carbocycles. The third-order valence-corrected chi connectivity index (χ3v) is 4.08. The Balaban J connectivity index is 1.92. The predicted octanol–water partition coefficient (Wildman–Crippen LogP) is 3.85. The number of nitrogens with one attached hydrogen (secondary N) is 2. The highest BCUT2D eigenvalue weighted by molar-refractivity contribution is 5.95. The molecule has 2 aromatic carbocycles. The van der Waals surface area contributed by atoms with Gasteiger partial charge in [-0.1, -0.05) is 32.0 Å². The van der Waals surface area contributed by atoms with Crippen molar-refractivity contribution in [3.05, 3.63) is 64.7 Å². The molecule has 0 bridgehead atoms. The SMILES string of the molecule is CCc1cccc(CC)c1NC(=O)CCNC(=O)c1ccc(F)cc1F. The van der Waals surface area contributed by atoms with Gasteiger partial charge in [-0.3, -0.25) is 9.59 Å². The van der Waals surface area contributed by atoms with Crippen LogP contribution in [0.5, 0.6) is 0 Å². The summed E-state index contributed by atoms with van der Waals surface area (Å²) in [5, 5.41) is 5.37. The predicted molar refractivity (Wildman–Crippen MR) is 97.1 cm³/mol. The fraction of sp³-hybridized carbons (Fsp3) is 0.300. The molecule has 0 atom stereocenters. The van der Waals surface area contributed by atoms with Crippen molar-refractivity contribution in [3.8, 4) is 0 Å². The van der Waals surface area contributed by atoms with Crippen LogP contribution < -0.4 is 10.6 Å². The summed E-state index contributed by atoms with van der Waals surface area (Å²) in [4.78, 5) is 24.1. The first-order valence-corrected chi connectivity index (χ1v) is 8.60. The van der Waals surface area contributed by atoms with Crippen LogP contribution in [0.25, 0.3) is 0 Å². The lowest BCUT2D eigenvalue weighted by Gasteiger charge is -2.14. The number of amides is 2. The van der Waals surface area contributed by atoms with Gasteiger partial charge in [0.25, 0.3) is 5.91 Å². The van der Waals surface area contributed by atoms with E-state index >= 15 is 0 Å². The van der Waals surface area contributed by atoms with E-state index < -0.39 is 17.5 Å². The van der Waals surface area contributed by atoms with Gasteiger partial charge in [0.1, 0.15) is 11.6 Å². The molecule has 2 amide bonds. The van der Waals surface area contributed by atoms with Crippen molar-refractivity contribution in [2.24, 2.45) is 0 Å². The summed E-state index contributed by atoms with van der Waals surface area (Å²) >= 11 is 0. The Labute approximate surface area is 151 Å². The van der Waals surface area contributed by atoms with Gasteiger partial charge in [0, 0.05) is 24.7 Å². The fourth-order valence-corrected chi connectivity index (χ4v) is 2.66. The van der Waals surface area contributed by atoms with Crippen molar-refractivity contribution in [2.75, 3.05) is 11.9 Å². The summed E-state index contributed by atoms with van der Waals surface area (Å²) in [6.07, 6.45) is 1.64. The van der Waals surface area contributed by atoms with Crippen LogP contribution in [0, 0.1) is 11.6 Å². The van der Waals surface area contributed by atoms with Gasteiger partial charge in [0.2, 0.25) is 5.91 Å². The van der Waals surface area contributed by atoms with E-state index in [2.05, 4.69) is 10.6 Å². The van der Waals surface area contributed by atoms with Crippen molar-refractivity contribution in [3.63, 3.8) is 0 Å². The van der Waals surface area contributed by atoms with E-state index in [0.29, 0.717) is 6.07 Å². The summed E-state index contributed by atoms with van der Waals surface area (Å²) in [5.41, 5.74) is 2.67. The monoisotopic (exact) mass is 360 g/mol. The number of halogens is 2. The third-order valence-electron chi connectivity index (χ3n) is 4.08. The van der Waals surface area contributed by atoms with E-state index in [0.717, 1.165) is 41.8 Å². The summed E-state index contributed by atoms with van der Waals surface area (Å²) in [6, 6.07) is 8.63. The van der Waals surface area contributed by atoms with Gasteiger partial charge in [-0.15, -0.1) is 0 Å². The number of para-hydroxylation sites is 1. The molecule has 0 aliphatic carbocycles. The van der Waals surface area contributed by atoms with Crippen LogP contribution in [0.3, 0.4) is 0 Å². The molecule has 4 nitrogen and oxygen atoms in total. The first kappa shape index (κ1) is 19.6. The Morgan fingerprint density at radius 2 is 1.65 bits per heavy atom. The normalized spacial score (nSPS) is 10.5. The largest absolute Gasteiger partial charge is 0.351 e. The van der Waals surface area contributed by atoms with E-state index in [1.807, 2.05) is 32.0 Å². The zero-order chi connectivity index (χ0) is 19.1. The maximum Gasteiger partial charge on any atom is 0.254 e. The zero-order valence-electron chi connectivity index (χ0n) is 14.9. The highest BCUT2D eigenvalue weighted by Crippen LogP contribution is 2.22. The first-order chi connectivity index (χ1) is 12.5. The lowest BCUT2D eigenvalue weighted by atomic mass is 10.0. The molecule has 0 aliphatic rings. The third kappa shape index (κ3) is 4.88. The Hall–Kier alpha value is -2.76. The second kappa shape index (κ2) is 9.08. The van der Waals surface area contributed by atoms with Crippen molar-refractivity contribution in [1.82, 2.24) is 5.32 Å². The lowest BCUT2D eigenvalue weighted by molar-refractivity contribution is -0.116. The highest BCUT2D eigenvalue weighted by Gasteiger charge is 2.14. The Kier molecular flexibility index (Phi) is 6.83. The molecule has 0 aromatic heterocycles. The maximum absolute atomic E-state index is 13.6. The molecule has 0 saturated heterocycles. The molecule has 0 unspecified atom stereocenters. The van der Waals surface area contributed by atoms with Gasteiger partial charge in [-0.25, -0.2) is 8.78 Å². The molecule has 0 spiro atoms. The van der Waals surface area contributed by atoms with E-state index in [-0.39, 0.29) is 24.4 Å². The number of rotatable bonds is 7. The number of aryl methyl sites for hydroxylation is 2. The number of hydrogen-bond donors (Lipinski definition) is 2. The van der Waals surface area contributed by atoms with Gasteiger partial charge < -0.3 is 10.6 Å². The van der Waals surface area contributed by atoms with Crippen LogP contribution >= 0.6 is 0 Å². The number of carbonyl (C=O) groups is 2. The molecule has 2 rings (SSSR count). The van der Waals surface area contributed by atoms with Crippen LogP contribution in [-0.2, 0) is 17.6 Å². The standard InChI is InChI=1S/C20H22F2N2O2/c1-3-13-6-5-7-14(4-2)19(13)24-18(25)10-11-23-20(26)16-9-8-15(21)12-17(16)22/h5-9,12H,3-4,10-11H2,1-2H3,(H,23,26)(H,24,25). The second-order valence-corrected chi connectivity index (χ2v) is 5.84. The van der Waals surface area contributed by atoms with Crippen molar-refractivity contribution in [1.29, 1.82) is 0 Å². The molecule has 2 N–H and O–H groups in total. The van der Waals surface area contributed by atoms with Crippen LogP contribution in [0.1, 0.15) is 41.8 Å². The molecule has 6 heteroatoms. The van der Waals surface area contributed by atoms with Gasteiger partial charge in [0.05, 0.1) is 5.56 Å². The quantitative estimate of drug-likeness (QED) is 0.788. The average Bonchev–Trinajstić information content (AvgIpc) is 2.61. The van der Waals surface area contributed by atoms with Crippen LogP contribution in [0.4, 0.5) is 14.5 Å². The molecule has 0 heterocycles. The number of anilines is 1. The lowest BCUT2D eigenvalue weighted by Crippen LogP contribution is -2.28. The summed E-state index contributed by atoms with van der Waals surface area (Å²) < 4.78 is 26.4. The minimum absolute atomic E-state index is 0.0513. The molecule has 2 aromatic rings. The smallest absolute Gasteiger partial charge is 0.254 e. The number of benzene rings is 2.